The van der Waals surface area contributed by atoms with Gasteiger partial charge in [-0.15, -0.1) is 0 Å². The van der Waals surface area contributed by atoms with Gasteiger partial charge in [-0.1, -0.05) is 13.8 Å². The quantitative estimate of drug-likeness (QED) is 0.699. The van der Waals surface area contributed by atoms with Gasteiger partial charge in [-0.25, -0.2) is 0 Å². The molecule has 86 valence electrons. The highest BCUT2D eigenvalue weighted by atomic mass is 15.3. The first-order valence-corrected chi connectivity index (χ1v) is 6.02. The number of nitrogens with one attached hydrogen (secondary N) is 1. The highest BCUT2D eigenvalue weighted by Crippen LogP contribution is 2.17. The maximum atomic E-state index is 4.30. The van der Waals surface area contributed by atoms with E-state index in [1.807, 2.05) is 6.20 Å². The predicted octanol–water partition coefficient (Wildman–Crippen LogP) is 2.40. The van der Waals surface area contributed by atoms with E-state index in [1.165, 1.54) is 18.5 Å². The third-order valence-corrected chi connectivity index (χ3v) is 2.73. The third kappa shape index (κ3) is 3.67. The Morgan fingerprint density at radius 3 is 2.87 bits per heavy atom. The fourth-order valence-corrected chi connectivity index (χ4v) is 1.79. The minimum Gasteiger partial charge on any atom is -0.317 e. The summed E-state index contributed by atoms with van der Waals surface area (Å²) >= 11 is 0. The second-order valence-corrected chi connectivity index (χ2v) is 4.01. The molecule has 1 unspecified atom stereocenters. The summed E-state index contributed by atoms with van der Waals surface area (Å²) in [5, 5.41) is 7.73. The molecule has 1 rings (SSSR count). The average molecular weight is 209 g/mol. The van der Waals surface area contributed by atoms with Crippen molar-refractivity contribution in [3.63, 3.8) is 0 Å². The second kappa shape index (κ2) is 6.62. The molecule has 0 bridgehead atoms. The van der Waals surface area contributed by atoms with Crippen LogP contribution < -0.4 is 5.32 Å². The number of hydrogen-bond donors (Lipinski definition) is 1. The third-order valence-electron chi connectivity index (χ3n) is 2.73. The maximum absolute atomic E-state index is 4.30. The molecular formula is C12H23N3. The van der Waals surface area contributed by atoms with Gasteiger partial charge in [0, 0.05) is 18.4 Å². The second-order valence-electron chi connectivity index (χ2n) is 4.01. The lowest BCUT2D eigenvalue weighted by Gasteiger charge is -2.13. The lowest BCUT2D eigenvalue weighted by Crippen LogP contribution is -2.18. The minimum atomic E-state index is 0.594. The molecule has 1 aromatic rings. The summed E-state index contributed by atoms with van der Waals surface area (Å²) < 4.78 is 2.09. The van der Waals surface area contributed by atoms with Crippen LogP contribution in [-0.2, 0) is 6.54 Å². The van der Waals surface area contributed by atoms with Crippen LogP contribution in [0, 0.1) is 0 Å². The van der Waals surface area contributed by atoms with Gasteiger partial charge in [0.15, 0.2) is 0 Å². The molecule has 3 nitrogen and oxygen atoms in total. The summed E-state index contributed by atoms with van der Waals surface area (Å²) in [6.07, 6.45) is 4.29. The lowest BCUT2D eigenvalue weighted by molar-refractivity contribution is 0.536. The van der Waals surface area contributed by atoms with Crippen LogP contribution in [0.15, 0.2) is 12.3 Å². The fraction of sp³-hybridized carbons (Fsp3) is 0.750. The summed E-state index contributed by atoms with van der Waals surface area (Å²) in [5.41, 5.74) is 1.36. The molecule has 0 aromatic carbocycles. The van der Waals surface area contributed by atoms with Crippen molar-refractivity contribution >= 4 is 0 Å². The van der Waals surface area contributed by atoms with E-state index in [0.29, 0.717) is 5.92 Å². The molecule has 1 heterocycles. The van der Waals surface area contributed by atoms with E-state index >= 15 is 0 Å². The van der Waals surface area contributed by atoms with Crippen molar-refractivity contribution < 1.29 is 0 Å². The van der Waals surface area contributed by atoms with Gasteiger partial charge >= 0.3 is 0 Å². The molecule has 1 atom stereocenters. The van der Waals surface area contributed by atoms with E-state index in [-0.39, 0.29) is 0 Å². The molecular weight excluding hydrogens is 186 g/mol. The molecule has 0 aliphatic rings. The molecule has 0 aliphatic carbocycles. The van der Waals surface area contributed by atoms with Crippen molar-refractivity contribution in [3.8, 4) is 0 Å². The van der Waals surface area contributed by atoms with Gasteiger partial charge in [0.2, 0.25) is 0 Å². The predicted molar refractivity (Wildman–Crippen MR) is 64.1 cm³/mol. The normalized spacial score (nSPS) is 13.0. The molecule has 0 radical (unpaired) electrons. The van der Waals surface area contributed by atoms with Gasteiger partial charge in [0.05, 0.1) is 0 Å². The molecule has 0 amide bonds. The lowest BCUT2D eigenvalue weighted by atomic mass is 10.0. The van der Waals surface area contributed by atoms with Crippen LogP contribution in [0.25, 0.3) is 0 Å². The Labute approximate surface area is 92.9 Å². The van der Waals surface area contributed by atoms with Gasteiger partial charge in [-0.05, 0) is 44.8 Å². The first kappa shape index (κ1) is 12.2. The summed E-state index contributed by atoms with van der Waals surface area (Å²) in [7, 11) is 0. The zero-order valence-corrected chi connectivity index (χ0v) is 10.2. The van der Waals surface area contributed by atoms with Crippen LogP contribution in [0.5, 0.6) is 0 Å². The highest BCUT2D eigenvalue weighted by molar-refractivity contribution is 5.06. The Hall–Kier alpha value is -0.830. The number of hydrogen-bond acceptors (Lipinski definition) is 2. The van der Waals surface area contributed by atoms with Crippen LogP contribution in [0.1, 0.15) is 45.2 Å². The Bertz CT molecular complexity index is 268. The first-order valence-electron chi connectivity index (χ1n) is 6.02. The van der Waals surface area contributed by atoms with E-state index in [1.54, 1.807) is 0 Å². The van der Waals surface area contributed by atoms with E-state index in [2.05, 4.69) is 41.9 Å². The van der Waals surface area contributed by atoms with Crippen LogP contribution in [0.4, 0.5) is 0 Å². The van der Waals surface area contributed by atoms with Crippen LogP contribution in [-0.4, -0.2) is 22.9 Å². The van der Waals surface area contributed by atoms with Crippen molar-refractivity contribution in [2.45, 2.75) is 46.1 Å². The van der Waals surface area contributed by atoms with Gasteiger partial charge in [0.25, 0.3) is 0 Å². The SMILES string of the molecule is CCCNCCC(C)c1ccnn1CC. The Balaban J connectivity index is 2.36. The molecule has 1 N–H and O–H groups in total. The number of aromatic nitrogens is 2. The summed E-state index contributed by atoms with van der Waals surface area (Å²) in [6, 6.07) is 2.13. The number of rotatable bonds is 7. The molecule has 3 heteroatoms. The van der Waals surface area contributed by atoms with Crippen molar-refractivity contribution in [2.75, 3.05) is 13.1 Å². The zero-order chi connectivity index (χ0) is 11.1. The molecule has 0 saturated carbocycles. The number of aryl methyl sites for hydroxylation is 1. The van der Waals surface area contributed by atoms with Gasteiger partial charge in [-0.3, -0.25) is 4.68 Å². The molecule has 1 aromatic heterocycles. The van der Waals surface area contributed by atoms with Crippen molar-refractivity contribution in [1.29, 1.82) is 0 Å². The van der Waals surface area contributed by atoms with Crippen molar-refractivity contribution in [1.82, 2.24) is 15.1 Å². The van der Waals surface area contributed by atoms with E-state index in [0.717, 1.165) is 19.6 Å². The largest absolute Gasteiger partial charge is 0.317 e. The average Bonchev–Trinajstić information content (AvgIpc) is 2.72. The Morgan fingerprint density at radius 1 is 1.40 bits per heavy atom. The summed E-state index contributed by atoms with van der Waals surface area (Å²) in [6.45, 7) is 9.80. The molecule has 0 spiro atoms. The molecule has 0 fully saturated rings. The van der Waals surface area contributed by atoms with E-state index in [4.69, 9.17) is 0 Å². The maximum Gasteiger partial charge on any atom is 0.0492 e. The zero-order valence-electron chi connectivity index (χ0n) is 10.2. The number of nitrogens with zero attached hydrogens (tertiary/aromatic N) is 2. The summed E-state index contributed by atoms with van der Waals surface area (Å²) in [4.78, 5) is 0. The van der Waals surface area contributed by atoms with Gasteiger partial charge < -0.3 is 5.32 Å². The highest BCUT2D eigenvalue weighted by Gasteiger charge is 2.09. The van der Waals surface area contributed by atoms with Crippen molar-refractivity contribution in [2.24, 2.45) is 0 Å². The Morgan fingerprint density at radius 2 is 2.20 bits per heavy atom. The molecule has 15 heavy (non-hydrogen) atoms. The molecule has 0 saturated heterocycles. The smallest absolute Gasteiger partial charge is 0.0492 e. The topological polar surface area (TPSA) is 29.9 Å². The van der Waals surface area contributed by atoms with Crippen LogP contribution >= 0.6 is 0 Å². The van der Waals surface area contributed by atoms with Gasteiger partial charge in [0.1, 0.15) is 0 Å². The minimum absolute atomic E-state index is 0.594. The van der Waals surface area contributed by atoms with E-state index in [9.17, 15) is 0 Å². The van der Waals surface area contributed by atoms with Crippen LogP contribution in [0.3, 0.4) is 0 Å². The van der Waals surface area contributed by atoms with Gasteiger partial charge in [-0.2, -0.15) is 5.10 Å². The monoisotopic (exact) mass is 209 g/mol. The summed E-state index contributed by atoms with van der Waals surface area (Å²) in [5.74, 6) is 0.594. The Kier molecular flexibility index (Phi) is 5.40. The first-order chi connectivity index (χ1) is 7.29. The molecule has 0 aliphatic heterocycles. The standard InChI is InChI=1S/C12H23N3/c1-4-8-13-9-6-11(3)12-7-10-14-15(12)5-2/h7,10-11,13H,4-6,8-9H2,1-3H3. The fourth-order valence-electron chi connectivity index (χ4n) is 1.79. The van der Waals surface area contributed by atoms with Crippen LogP contribution in [0.2, 0.25) is 0 Å². The van der Waals surface area contributed by atoms with E-state index < -0.39 is 0 Å². The van der Waals surface area contributed by atoms with Crippen molar-refractivity contribution in [3.05, 3.63) is 18.0 Å².